The summed E-state index contributed by atoms with van der Waals surface area (Å²) in [6, 6.07) is 5.84. The minimum absolute atomic E-state index is 0.0217. The fourth-order valence-electron chi connectivity index (χ4n) is 5.82. The molecule has 1 amide bonds. The lowest BCUT2D eigenvalue weighted by atomic mass is 9.84. The van der Waals surface area contributed by atoms with Gasteiger partial charge in [0.2, 0.25) is 18.4 Å². The molecule has 1 aromatic heterocycles. The third-order valence-corrected chi connectivity index (χ3v) is 7.98. The van der Waals surface area contributed by atoms with Crippen LogP contribution in [0.25, 0.3) is 0 Å². The number of ether oxygens (including phenoxy) is 3. The van der Waals surface area contributed by atoms with E-state index in [1.165, 1.54) is 23.8 Å². The molecular formula is C29H41N3O8. The van der Waals surface area contributed by atoms with Crippen molar-refractivity contribution in [2.45, 2.75) is 64.5 Å². The molecule has 3 N–H and O–H groups in total. The molecule has 0 aliphatic carbocycles. The molecule has 1 saturated heterocycles. The van der Waals surface area contributed by atoms with Crippen molar-refractivity contribution < 1.29 is 39.1 Å². The number of aromatic hydroxyl groups is 2. The Balaban J connectivity index is 1.65. The average Bonchev–Trinajstić information content (AvgIpc) is 3.64. The van der Waals surface area contributed by atoms with Crippen molar-refractivity contribution >= 4 is 11.9 Å². The molecule has 4 rings (SSSR count). The zero-order valence-corrected chi connectivity index (χ0v) is 23.5. The molecule has 2 aromatic rings. The molecule has 11 heteroatoms. The Morgan fingerprint density at radius 1 is 1.07 bits per heavy atom. The Kier molecular flexibility index (Phi) is 9.67. The highest BCUT2D eigenvalue weighted by atomic mass is 16.7. The van der Waals surface area contributed by atoms with Gasteiger partial charge in [0.15, 0.2) is 23.3 Å². The summed E-state index contributed by atoms with van der Waals surface area (Å²) in [6.07, 6.45) is 4.06. The fraction of sp³-hybridized carbons (Fsp3) is 0.586. The lowest BCUT2D eigenvalue weighted by molar-refractivity contribution is -0.144. The summed E-state index contributed by atoms with van der Waals surface area (Å²) in [5, 5.41) is 30.8. The first-order valence-corrected chi connectivity index (χ1v) is 14.1. The quantitative estimate of drug-likeness (QED) is 0.317. The van der Waals surface area contributed by atoms with Gasteiger partial charge in [0.25, 0.3) is 0 Å². The van der Waals surface area contributed by atoms with Gasteiger partial charge >= 0.3 is 5.97 Å². The van der Waals surface area contributed by atoms with E-state index in [9.17, 15) is 24.9 Å². The van der Waals surface area contributed by atoms with Gasteiger partial charge in [-0.05, 0) is 37.0 Å². The number of rotatable bonds is 14. The van der Waals surface area contributed by atoms with E-state index in [0.29, 0.717) is 43.3 Å². The van der Waals surface area contributed by atoms with Crippen LogP contribution in [-0.2, 0) is 16.1 Å². The number of fused-ring (bicyclic) bond motifs is 1. The maximum atomic E-state index is 13.6. The SMILES string of the molecule is CCCCN(CCCC)C(=O)CN1C[C@H](c2cc(OC)c3c(c2)OCO3)[C@H](C(=O)O)[C@H]1CCn1c(O)ccc1O. The van der Waals surface area contributed by atoms with Gasteiger partial charge < -0.3 is 34.4 Å². The van der Waals surface area contributed by atoms with Crippen molar-refractivity contribution in [2.75, 3.05) is 40.1 Å². The standard InChI is InChI=1S/C29H41N3O8/c1-4-6-11-30(12-7-5-2)26(35)17-31-16-20(19-14-22(38-3)28-23(15-19)39-18-40-28)27(29(36)37)21(31)10-13-32-24(33)8-9-25(32)34/h8-9,14-15,20-21,27,33-34H,4-7,10-13,16-18H2,1-3H3,(H,36,37)/t20-,21-,27+/m1/s1. The molecule has 0 radical (unpaired) electrons. The molecule has 0 unspecified atom stereocenters. The van der Waals surface area contributed by atoms with E-state index in [4.69, 9.17) is 14.2 Å². The van der Waals surface area contributed by atoms with Crippen LogP contribution in [0, 0.1) is 5.92 Å². The van der Waals surface area contributed by atoms with Crippen LogP contribution in [-0.4, -0.2) is 87.7 Å². The number of carbonyl (C=O) groups excluding carboxylic acids is 1. The summed E-state index contributed by atoms with van der Waals surface area (Å²) >= 11 is 0. The maximum absolute atomic E-state index is 13.6. The molecule has 40 heavy (non-hydrogen) atoms. The summed E-state index contributed by atoms with van der Waals surface area (Å²) < 4.78 is 18.0. The maximum Gasteiger partial charge on any atom is 0.308 e. The highest BCUT2D eigenvalue weighted by Gasteiger charge is 2.47. The molecule has 0 saturated carbocycles. The Labute approximate surface area is 234 Å². The smallest absolute Gasteiger partial charge is 0.308 e. The fourth-order valence-corrected chi connectivity index (χ4v) is 5.82. The second-order valence-corrected chi connectivity index (χ2v) is 10.5. The first-order valence-electron chi connectivity index (χ1n) is 14.1. The normalized spacial score (nSPS) is 20.1. The summed E-state index contributed by atoms with van der Waals surface area (Å²) in [5.74, 6) is -1.06. The first kappa shape index (κ1) is 29.4. The number of carboxylic acids is 1. The van der Waals surface area contributed by atoms with Crippen molar-refractivity contribution in [3.05, 3.63) is 29.8 Å². The summed E-state index contributed by atoms with van der Waals surface area (Å²) in [5.41, 5.74) is 0.730. The molecule has 11 nitrogen and oxygen atoms in total. The molecule has 3 atom stereocenters. The Morgan fingerprint density at radius 3 is 2.35 bits per heavy atom. The molecule has 2 aliphatic rings. The number of likely N-dealkylation sites (tertiary alicyclic amines) is 1. The van der Waals surface area contributed by atoms with Gasteiger partial charge in [-0.25, -0.2) is 0 Å². The zero-order chi connectivity index (χ0) is 28.8. The summed E-state index contributed by atoms with van der Waals surface area (Å²) in [4.78, 5) is 30.2. The third kappa shape index (κ3) is 6.24. The molecule has 1 fully saturated rings. The minimum Gasteiger partial charge on any atom is -0.494 e. The number of carboxylic acid groups (broad SMARTS) is 1. The highest BCUT2D eigenvalue weighted by Crippen LogP contribution is 2.47. The highest BCUT2D eigenvalue weighted by molar-refractivity contribution is 5.79. The third-order valence-electron chi connectivity index (χ3n) is 7.98. The lowest BCUT2D eigenvalue weighted by Crippen LogP contribution is -2.45. The van der Waals surface area contributed by atoms with Gasteiger partial charge in [-0.2, -0.15) is 0 Å². The van der Waals surface area contributed by atoms with Crippen molar-refractivity contribution in [2.24, 2.45) is 5.92 Å². The first-order chi connectivity index (χ1) is 19.3. The van der Waals surface area contributed by atoms with E-state index in [0.717, 1.165) is 31.2 Å². The van der Waals surface area contributed by atoms with Crippen molar-refractivity contribution in [1.29, 1.82) is 0 Å². The van der Waals surface area contributed by atoms with Gasteiger partial charge in [0, 0.05) is 50.3 Å². The van der Waals surface area contributed by atoms with Crippen LogP contribution in [0.3, 0.4) is 0 Å². The molecule has 3 heterocycles. The lowest BCUT2D eigenvalue weighted by Gasteiger charge is -2.30. The Hall–Kier alpha value is -3.60. The van der Waals surface area contributed by atoms with Gasteiger partial charge in [0.05, 0.1) is 19.6 Å². The molecule has 2 aliphatic heterocycles. The van der Waals surface area contributed by atoms with Crippen LogP contribution >= 0.6 is 0 Å². The largest absolute Gasteiger partial charge is 0.494 e. The van der Waals surface area contributed by atoms with Crippen molar-refractivity contribution in [3.63, 3.8) is 0 Å². The number of amides is 1. The summed E-state index contributed by atoms with van der Waals surface area (Å²) in [7, 11) is 1.52. The molecule has 0 spiro atoms. The average molecular weight is 560 g/mol. The van der Waals surface area contributed by atoms with Crippen LogP contribution in [0.4, 0.5) is 0 Å². The second kappa shape index (κ2) is 13.2. The van der Waals surface area contributed by atoms with Gasteiger partial charge in [-0.15, -0.1) is 0 Å². The van der Waals surface area contributed by atoms with Gasteiger partial charge in [0.1, 0.15) is 0 Å². The Morgan fingerprint density at radius 2 is 1.75 bits per heavy atom. The predicted octanol–water partition coefficient (Wildman–Crippen LogP) is 3.62. The van der Waals surface area contributed by atoms with Crippen LogP contribution in [0.5, 0.6) is 29.0 Å². The van der Waals surface area contributed by atoms with Crippen molar-refractivity contribution in [1.82, 2.24) is 14.4 Å². The second-order valence-electron chi connectivity index (χ2n) is 10.5. The van der Waals surface area contributed by atoms with E-state index in [-0.39, 0.29) is 37.5 Å². The molecule has 1 aromatic carbocycles. The summed E-state index contributed by atoms with van der Waals surface area (Å²) in [6.45, 7) is 6.20. The minimum atomic E-state index is -0.976. The van der Waals surface area contributed by atoms with E-state index in [2.05, 4.69) is 13.8 Å². The monoisotopic (exact) mass is 559 g/mol. The number of unbranched alkanes of at least 4 members (excludes halogenated alkanes) is 2. The van der Waals surface area contributed by atoms with Gasteiger partial charge in [-0.3, -0.25) is 19.1 Å². The van der Waals surface area contributed by atoms with E-state index in [1.54, 1.807) is 12.1 Å². The molecule has 220 valence electrons. The predicted molar refractivity (Wildman–Crippen MR) is 147 cm³/mol. The zero-order valence-electron chi connectivity index (χ0n) is 23.5. The van der Waals surface area contributed by atoms with Crippen LogP contribution in [0.1, 0.15) is 57.4 Å². The van der Waals surface area contributed by atoms with E-state index in [1.807, 2.05) is 9.80 Å². The number of carbonyl (C=O) groups is 2. The van der Waals surface area contributed by atoms with Crippen LogP contribution < -0.4 is 14.2 Å². The molecule has 0 bridgehead atoms. The number of benzene rings is 1. The van der Waals surface area contributed by atoms with E-state index >= 15 is 0 Å². The number of hydrogen-bond acceptors (Lipinski definition) is 8. The number of aliphatic carboxylic acids is 1. The number of hydrogen-bond donors (Lipinski definition) is 3. The number of methoxy groups -OCH3 is 1. The molecular weight excluding hydrogens is 518 g/mol. The topological polar surface area (TPSA) is 134 Å². The van der Waals surface area contributed by atoms with Crippen molar-refractivity contribution in [3.8, 4) is 29.0 Å². The number of aromatic nitrogens is 1. The van der Waals surface area contributed by atoms with Gasteiger partial charge in [-0.1, -0.05) is 26.7 Å². The van der Waals surface area contributed by atoms with Crippen LogP contribution in [0.2, 0.25) is 0 Å². The Bertz CT molecular complexity index is 1150. The number of nitrogens with zero attached hydrogens (tertiary/aromatic N) is 3. The van der Waals surface area contributed by atoms with E-state index < -0.39 is 23.8 Å². The van der Waals surface area contributed by atoms with Crippen LogP contribution in [0.15, 0.2) is 24.3 Å².